The summed E-state index contributed by atoms with van der Waals surface area (Å²) in [6.07, 6.45) is 0. The predicted molar refractivity (Wildman–Crippen MR) is 99.9 cm³/mol. The van der Waals surface area contributed by atoms with Gasteiger partial charge in [0.2, 0.25) is 11.7 Å². The molecule has 0 saturated carbocycles. The molecule has 6 heteroatoms. The molecule has 3 aromatic rings. The third-order valence-corrected chi connectivity index (χ3v) is 4.44. The van der Waals surface area contributed by atoms with Gasteiger partial charge in [0.05, 0.1) is 0 Å². The number of guanidine groups is 1. The minimum atomic E-state index is -0.314. The first kappa shape index (κ1) is 16.0. The van der Waals surface area contributed by atoms with E-state index in [9.17, 15) is 4.79 Å². The maximum atomic E-state index is 13.2. The van der Waals surface area contributed by atoms with Crippen LogP contribution in [-0.4, -0.2) is 27.0 Å². The lowest BCUT2D eigenvalue weighted by molar-refractivity contribution is 0.102. The molecule has 6 nitrogen and oxygen atoms in total. The Labute approximate surface area is 150 Å². The molecule has 1 aliphatic carbocycles. The number of hydrogen-bond acceptors (Lipinski definition) is 3. The monoisotopic (exact) mass is 343 g/mol. The average molecular weight is 343 g/mol. The quantitative estimate of drug-likeness (QED) is 0.432. The molecular weight excluding hydrogens is 326 g/mol. The zero-order chi connectivity index (χ0) is 18.3. The van der Waals surface area contributed by atoms with Crippen molar-refractivity contribution >= 4 is 17.5 Å². The second-order valence-corrected chi connectivity index (χ2v) is 6.15. The van der Waals surface area contributed by atoms with Crippen molar-refractivity contribution in [3.05, 3.63) is 88.5 Å². The van der Waals surface area contributed by atoms with E-state index in [2.05, 4.69) is 9.98 Å². The number of carbonyl (C=O) groups excluding carboxylic acids is 1. The second kappa shape index (κ2) is 6.07. The van der Waals surface area contributed by atoms with E-state index >= 15 is 0 Å². The molecular formula is C20H17N5O. The van der Waals surface area contributed by atoms with Crippen LogP contribution in [0.1, 0.15) is 38.7 Å². The number of carbonyl (C=O) groups is 1. The zero-order valence-electron chi connectivity index (χ0n) is 14.2. The van der Waals surface area contributed by atoms with Crippen LogP contribution in [0.4, 0.5) is 0 Å². The Kier molecular flexibility index (Phi) is 3.73. The Balaban J connectivity index is 1.94. The second-order valence-electron chi connectivity index (χ2n) is 6.15. The lowest BCUT2D eigenvalue weighted by Gasteiger charge is -2.18. The fraction of sp³-hybridized carbons (Fsp3) is 0.100. The number of nitrogens with zero attached hydrogens (tertiary/aromatic N) is 3. The summed E-state index contributed by atoms with van der Waals surface area (Å²) in [6.45, 7) is 2.40. The van der Waals surface area contributed by atoms with Crippen LogP contribution < -0.4 is 5.73 Å². The van der Waals surface area contributed by atoms with E-state index < -0.39 is 0 Å². The lowest BCUT2D eigenvalue weighted by atomic mass is 9.89. The molecule has 1 aromatic heterocycles. The normalized spacial score (nSPS) is 14.2. The van der Waals surface area contributed by atoms with Crippen LogP contribution in [0, 0.1) is 12.3 Å². The summed E-state index contributed by atoms with van der Waals surface area (Å²) in [5, 5.41) is 7.57. The summed E-state index contributed by atoms with van der Waals surface area (Å²) in [4.78, 5) is 21.9. The highest BCUT2D eigenvalue weighted by atomic mass is 16.1. The first-order chi connectivity index (χ1) is 12.6. The van der Waals surface area contributed by atoms with E-state index in [1.54, 1.807) is 6.07 Å². The number of imidazole rings is 1. The lowest BCUT2D eigenvalue weighted by Crippen LogP contribution is -2.25. The van der Waals surface area contributed by atoms with Crippen LogP contribution in [0.5, 0.6) is 0 Å². The van der Waals surface area contributed by atoms with Crippen molar-refractivity contribution in [1.29, 1.82) is 5.41 Å². The molecule has 0 fully saturated rings. The van der Waals surface area contributed by atoms with E-state index in [1.807, 2.05) is 60.0 Å². The molecule has 3 N–H and O–H groups in total. The topological polar surface area (TPSA) is 97.1 Å². The van der Waals surface area contributed by atoms with Gasteiger partial charge in [0.15, 0.2) is 0 Å². The number of hydrogen-bond donors (Lipinski definition) is 2. The van der Waals surface area contributed by atoms with Crippen LogP contribution in [-0.2, 0) is 6.54 Å². The van der Waals surface area contributed by atoms with Gasteiger partial charge >= 0.3 is 0 Å². The Morgan fingerprint density at radius 1 is 1.12 bits per heavy atom. The largest absolute Gasteiger partial charge is 0.368 e. The van der Waals surface area contributed by atoms with Crippen LogP contribution in [0.15, 0.2) is 59.6 Å². The van der Waals surface area contributed by atoms with Crippen molar-refractivity contribution in [2.45, 2.75) is 13.5 Å². The fourth-order valence-corrected chi connectivity index (χ4v) is 3.30. The van der Waals surface area contributed by atoms with Gasteiger partial charge in [-0.05, 0) is 12.5 Å². The molecule has 0 amide bonds. The summed E-state index contributed by atoms with van der Waals surface area (Å²) in [5.41, 5.74) is 9.24. The maximum Gasteiger partial charge on any atom is 0.213 e. The number of aromatic nitrogens is 2. The van der Waals surface area contributed by atoms with Gasteiger partial charge in [-0.25, -0.2) is 9.98 Å². The average Bonchev–Trinajstić information content (AvgIpc) is 2.96. The number of aryl methyl sites for hydroxylation is 1. The minimum absolute atomic E-state index is 0.0883. The third-order valence-electron chi connectivity index (χ3n) is 4.44. The molecule has 0 unspecified atom stereocenters. The number of rotatable bonds is 2. The highest BCUT2D eigenvalue weighted by Gasteiger charge is 2.33. The van der Waals surface area contributed by atoms with Gasteiger partial charge in [-0.3, -0.25) is 10.2 Å². The highest BCUT2D eigenvalue weighted by Crippen LogP contribution is 2.29. The summed E-state index contributed by atoms with van der Waals surface area (Å²) in [7, 11) is 0. The Morgan fingerprint density at radius 2 is 1.77 bits per heavy atom. The standard InChI is InChI=1S/C20H17N5O/c1-12-23-17-16(24-20(21)22)14-9-5-6-10-15(14)19(26)18(17)25(12)11-13-7-3-2-4-8-13/h2-10H,11H2,1H3,(H3,21,22)/b24-16+. The van der Waals surface area contributed by atoms with E-state index in [0.717, 1.165) is 11.4 Å². The number of nitrogens with two attached hydrogens (primary N) is 1. The smallest absolute Gasteiger partial charge is 0.213 e. The van der Waals surface area contributed by atoms with Crippen LogP contribution in [0.3, 0.4) is 0 Å². The first-order valence-electron chi connectivity index (χ1n) is 8.24. The molecule has 0 spiro atoms. The number of ketones is 1. The van der Waals surface area contributed by atoms with E-state index in [0.29, 0.717) is 34.8 Å². The molecule has 0 saturated heterocycles. The van der Waals surface area contributed by atoms with Gasteiger partial charge in [0.1, 0.15) is 22.9 Å². The number of fused-ring (bicyclic) bond motifs is 2. The van der Waals surface area contributed by atoms with E-state index in [-0.39, 0.29) is 11.7 Å². The Morgan fingerprint density at radius 3 is 2.46 bits per heavy atom. The molecule has 2 aromatic carbocycles. The van der Waals surface area contributed by atoms with Crippen molar-refractivity contribution in [3.8, 4) is 0 Å². The van der Waals surface area contributed by atoms with Crippen molar-refractivity contribution in [2.75, 3.05) is 0 Å². The molecule has 1 heterocycles. The highest BCUT2D eigenvalue weighted by molar-refractivity contribution is 6.30. The van der Waals surface area contributed by atoms with Crippen molar-refractivity contribution in [1.82, 2.24) is 9.55 Å². The number of aliphatic imine (C=N–C) groups is 1. The third kappa shape index (κ3) is 2.52. The molecule has 0 atom stereocenters. The summed E-state index contributed by atoms with van der Waals surface area (Å²) < 4.78 is 1.90. The maximum absolute atomic E-state index is 13.2. The van der Waals surface area contributed by atoms with Crippen LogP contribution in [0.25, 0.3) is 0 Å². The van der Waals surface area contributed by atoms with Gasteiger partial charge < -0.3 is 10.3 Å². The van der Waals surface area contributed by atoms with Gasteiger partial charge in [-0.15, -0.1) is 0 Å². The zero-order valence-corrected chi connectivity index (χ0v) is 14.2. The molecule has 1 aliphatic rings. The van der Waals surface area contributed by atoms with Crippen LogP contribution in [0.2, 0.25) is 0 Å². The van der Waals surface area contributed by atoms with Gasteiger partial charge in [0.25, 0.3) is 0 Å². The molecule has 26 heavy (non-hydrogen) atoms. The van der Waals surface area contributed by atoms with Gasteiger partial charge in [0, 0.05) is 17.7 Å². The summed E-state index contributed by atoms with van der Waals surface area (Å²) in [5.74, 6) is 0.316. The first-order valence-corrected chi connectivity index (χ1v) is 8.24. The molecule has 128 valence electrons. The van der Waals surface area contributed by atoms with Gasteiger partial charge in [-0.1, -0.05) is 54.6 Å². The molecule has 0 aliphatic heterocycles. The van der Waals surface area contributed by atoms with Crippen molar-refractivity contribution in [3.63, 3.8) is 0 Å². The predicted octanol–water partition coefficient (Wildman–Crippen LogP) is 2.52. The van der Waals surface area contributed by atoms with Gasteiger partial charge in [-0.2, -0.15) is 0 Å². The molecule has 0 radical (unpaired) electrons. The van der Waals surface area contributed by atoms with Crippen molar-refractivity contribution < 1.29 is 4.79 Å². The van der Waals surface area contributed by atoms with Crippen molar-refractivity contribution in [2.24, 2.45) is 10.7 Å². The Hall–Kier alpha value is -3.54. The fourth-order valence-electron chi connectivity index (χ4n) is 3.30. The molecule has 4 rings (SSSR count). The van der Waals surface area contributed by atoms with Crippen LogP contribution >= 0.6 is 0 Å². The summed E-state index contributed by atoms with van der Waals surface area (Å²) >= 11 is 0. The number of nitrogens with one attached hydrogen (secondary N) is 1. The van der Waals surface area contributed by atoms with E-state index in [1.165, 1.54) is 0 Å². The molecule has 0 bridgehead atoms. The SMILES string of the molecule is Cc1nc2c(n1Cc1ccccc1)C(=O)c1ccccc1/C2=N\C(=N)N. The summed E-state index contributed by atoms with van der Waals surface area (Å²) in [6, 6.07) is 17.1. The number of benzene rings is 2. The minimum Gasteiger partial charge on any atom is -0.368 e. The Bertz CT molecular complexity index is 1060. The van der Waals surface area contributed by atoms with E-state index in [4.69, 9.17) is 11.1 Å².